The van der Waals surface area contributed by atoms with Gasteiger partial charge in [-0.05, 0) is 48.9 Å². The van der Waals surface area contributed by atoms with Crippen molar-refractivity contribution in [2.45, 2.75) is 6.92 Å². The van der Waals surface area contributed by atoms with E-state index in [-0.39, 0.29) is 17.6 Å². The Hall–Kier alpha value is -2.77. The number of hydrogen-bond donors (Lipinski definition) is 3. The molecule has 2 amide bonds. The number of hydrogen-bond acceptors (Lipinski definition) is 5. The van der Waals surface area contributed by atoms with Crippen LogP contribution in [0.15, 0.2) is 53.1 Å². The molecule has 0 saturated heterocycles. The Balaban J connectivity index is 1.65. The van der Waals surface area contributed by atoms with E-state index in [0.717, 1.165) is 5.56 Å². The van der Waals surface area contributed by atoms with Crippen LogP contribution in [-0.4, -0.2) is 11.8 Å². The van der Waals surface area contributed by atoms with Crippen LogP contribution in [0.25, 0.3) is 0 Å². The van der Waals surface area contributed by atoms with Crippen LogP contribution in [0.2, 0.25) is 5.02 Å². The van der Waals surface area contributed by atoms with Crippen LogP contribution >= 0.6 is 22.9 Å². The number of carbonyl (C=O) groups excluding carboxylic acids is 2. The van der Waals surface area contributed by atoms with Crippen molar-refractivity contribution in [1.82, 2.24) is 5.43 Å². The second-order valence-electron chi connectivity index (χ2n) is 5.14. The first-order valence-corrected chi connectivity index (χ1v) is 8.49. The fourth-order valence-corrected chi connectivity index (χ4v) is 3.26. The van der Waals surface area contributed by atoms with Gasteiger partial charge in [0.25, 0.3) is 11.8 Å². The lowest BCUT2D eigenvalue weighted by Gasteiger charge is -2.08. The van der Waals surface area contributed by atoms with Crippen molar-refractivity contribution in [3.63, 3.8) is 0 Å². The number of hydrazine groups is 1. The van der Waals surface area contributed by atoms with Crippen molar-refractivity contribution in [3.05, 3.63) is 70.0 Å². The minimum Gasteiger partial charge on any atom is -0.459 e. The third kappa shape index (κ3) is 4.20. The molecule has 3 rings (SSSR count). The highest BCUT2D eigenvalue weighted by atomic mass is 35.5. The number of thiophene rings is 1. The predicted octanol–water partition coefficient (Wildman–Crippen LogP) is 4.31. The number of aryl methyl sites for hydroxylation is 1. The lowest BCUT2D eigenvalue weighted by Crippen LogP contribution is -2.29. The molecule has 1 aromatic carbocycles. The summed E-state index contributed by atoms with van der Waals surface area (Å²) in [7, 11) is 0. The van der Waals surface area contributed by atoms with Gasteiger partial charge in [-0.15, -0.1) is 11.3 Å². The number of anilines is 2. The van der Waals surface area contributed by atoms with E-state index in [0.29, 0.717) is 20.6 Å². The standard InChI is InChI=1S/C17H14ClN3O3S/c1-10-8-14(19-16(22)13-6-3-7-24-13)25-15(10)17(23)21-20-12-5-2-4-11(18)9-12/h2-9,20H,1H3,(H,19,22)(H,21,23). The second-order valence-corrected chi connectivity index (χ2v) is 6.63. The van der Waals surface area contributed by atoms with E-state index in [1.807, 2.05) is 0 Å². The van der Waals surface area contributed by atoms with Gasteiger partial charge in [0, 0.05) is 5.02 Å². The summed E-state index contributed by atoms with van der Waals surface area (Å²) >= 11 is 7.08. The van der Waals surface area contributed by atoms with E-state index < -0.39 is 0 Å². The first kappa shape index (κ1) is 17.1. The van der Waals surface area contributed by atoms with Gasteiger partial charge in [-0.1, -0.05) is 17.7 Å². The highest BCUT2D eigenvalue weighted by Crippen LogP contribution is 2.27. The number of amides is 2. The molecule has 0 unspecified atom stereocenters. The highest BCUT2D eigenvalue weighted by Gasteiger charge is 2.16. The first-order chi connectivity index (χ1) is 12.0. The summed E-state index contributed by atoms with van der Waals surface area (Å²) in [6.07, 6.45) is 1.43. The van der Waals surface area contributed by atoms with E-state index in [1.165, 1.54) is 17.6 Å². The fourth-order valence-electron chi connectivity index (χ4n) is 2.10. The van der Waals surface area contributed by atoms with E-state index >= 15 is 0 Å². The maximum Gasteiger partial charge on any atom is 0.291 e. The minimum atomic E-state index is -0.365. The van der Waals surface area contributed by atoms with Crippen LogP contribution in [0.3, 0.4) is 0 Å². The quantitative estimate of drug-likeness (QED) is 0.580. The number of carbonyl (C=O) groups is 2. The van der Waals surface area contributed by atoms with E-state index in [1.54, 1.807) is 49.4 Å². The zero-order valence-electron chi connectivity index (χ0n) is 13.1. The van der Waals surface area contributed by atoms with Crippen LogP contribution in [0.5, 0.6) is 0 Å². The summed E-state index contributed by atoms with van der Waals surface area (Å²) in [5, 5.41) is 3.84. The van der Waals surface area contributed by atoms with E-state index in [2.05, 4.69) is 16.2 Å². The maximum atomic E-state index is 12.3. The molecule has 3 aromatic rings. The number of halogens is 1. The van der Waals surface area contributed by atoms with Gasteiger partial charge in [0.15, 0.2) is 5.76 Å². The van der Waals surface area contributed by atoms with Crippen molar-refractivity contribution in [2.75, 3.05) is 10.7 Å². The Morgan fingerprint density at radius 2 is 1.96 bits per heavy atom. The van der Waals surface area contributed by atoms with Gasteiger partial charge in [-0.25, -0.2) is 0 Å². The molecule has 0 spiro atoms. The zero-order chi connectivity index (χ0) is 17.8. The Labute approximate surface area is 152 Å². The summed E-state index contributed by atoms with van der Waals surface area (Å²) in [5.74, 6) is -0.462. The summed E-state index contributed by atoms with van der Waals surface area (Å²) in [4.78, 5) is 24.8. The molecule has 0 bridgehead atoms. The van der Waals surface area contributed by atoms with Gasteiger partial charge < -0.3 is 9.73 Å². The second kappa shape index (κ2) is 7.42. The molecule has 0 aliphatic heterocycles. The van der Waals surface area contributed by atoms with Crippen molar-refractivity contribution in [1.29, 1.82) is 0 Å². The van der Waals surface area contributed by atoms with Gasteiger partial charge >= 0.3 is 0 Å². The molecule has 0 aliphatic rings. The van der Waals surface area contributed by atoms with Gasteiger partial charge in [0.2, 0.25) is 0 Å². The molecule has 2 aromatic heterocycles. The third-order valence-electron chi connectivity index (χ3n) is 3.25. The lowest BCUT2D eigenvalue weighted by molar-refractivity contribution is 0.0964. The van der Waals surface area contributed by atoms with Gasteiger partial charge in [-0.2, -0.15) is 0 Å². The predicted molar refractivity (Wildman–Crippen MR) is 98.3 cm³/mol. The molecular formula is C17H14ClN3O3S. The monoisotopic (exact) mass is 375 g/mol. The van der Waals surface area contributed by atoms with E-state index in [9.17, 15) is 9.59 Å². The summed E-state index contributed by atoms with van der Waals surface area (Å²) in [6.45, 7) is 1.80. The van der Waals surface area contributed by atoms with Crippen molar-refractivity contribution in [3.8, 4) is 0 Å². The molecule has 25 heavy (non-hydrogen) atoms. The smallest absolute Gasteiger partial charge is 0.291 e. The normalized spacial score (nSPS) is 10.3. The summed E-state index contributed by atoms with van der Waals surface area (Å²) < 4.78 is 5.04. The summed E-state index contributed by atoms with van der Waals surface area (Å²) in [6, 6.07) is 11.9. The van der Waals surface area contributed by atoms with Crippen LogP contribution in [0.1, 0.15) is 25.8 Å². The molecule has 8 heteroatoms. The van der Waals surface area contributed by atoms with Gasteiger partial charge in [0.05, 0.1) is 21.8 Å². The zero-order valence-corrected chi connectivity index (χ0v) is 14.7. The Morgan fingerprint density at radius 3 is 2.68 bits per heavy atom. The lowest BCUT2D eigenvalue weighted by atomic mass is 10.3. The molecule has 0 aliphatic carbocycles. The third-order valence-corrected chi connectivity index (χ3v) is 4.64. The molecule has 0 atom stereocenters. The maximum absolute atomic E-state index is 12.3. The molecule has 0 radical (unpaired) electrons. The molecule has 0 fully saturated rings. The average Bonchev–Trinajstić information content (AvgIpc) is 3.22. The Morgan fingerprint density at radius 1 is 1.12 bits per heavy atom. The van der Waals surface area contributed by atoms with Gasteiger partial charge in [0.1, 0.15) is 0 Å². The van der Waals surface area contributed by atoms with Gasteiger partial charge in [-0.3, -0.25) is 20.4 Å². The molecule has 128 valence electrons. The van der Waals surface area contributed by atoms with Crippen LogP contribution in [-0.2, 0) is 0 Å². The topological polar surface area (TPSA) is 83.4 Å². The summed E-state index contributed by atoms with van der Waals surface area (Å²) in [5.41, 5.74) is 6.84. The minimum absolute atomic E-state index is 0.208. The number of furan rings is 1. The first-order valence-electron chi connectivity index (χ1n) is 7.30. The number of rotatable bonds is 5. The van der Waals surface area contributed by atoms with Crippen molar-refractivity contribution < 1.29 is 14.0 Å². The number of nitrogens with one attached hydrogen (secondary N) is 3. The molecule has 6 nitrogen and oxygen atoms in total. The van der Waals surface area contributed by atoms with Crippen molar-refractivity contribution in [2.24, 2.45) is 0 Å². The van der Waals surface area contributed by atoms with Crippen LogP contribution < -0.4 is 16.2 Å². The molecule has 3 N–H and O–H groups in total. The fraction of sp³-hybridized carbons (Fsp3) is 0.0588. The molecule has 2 heterocycles. The molecular weight excluding hydrogens is 362 g/mol. The Kier molecular flexibility index (Phi) is 5.06. The average molecular weight is 376 g/mol. The van der Waals surface area contributed by atoms with Crippen LogP contribution in [0.4, 0.5) is 10.7 Å². The van der Waals surface area contributed by atoms with Crippen LogP contribution in [0, 0.1) is 6.92 Å². The molecule has 0 saturated carbocycles. The largest absolute Gasteiger partial charge is 0.459 e. The highest BCUT2D eigenvalue weighted by molar-refractivity contribution is 7.18. The SMILES string of the molecule is Cc1cc(NC(=O)c2ccco2)sc1C(=O)NNc1cccc(Cl)c1. The Bertz CT molecular complexity index is 906. The van der Waals surface area contributed by atoms with E-state index in [4.69, 9.17) is 16.0 Å². The number of benzene rings is 1. The van der Waals surface area contributed by atoms with Crippen molar-refractivity contribution >= 4 is 45.4 Å².